The largest absolute Gasteiger partial charge is 0.338 e. The zero-order chi connectivity index (χ0) is 16.2. The highest BCUT2D eigenvalue weighted by Crippen LogP contribution is 2.20. The highest BCUT2D eigenvalue weighted by molar-refractivity contribution is 6.30. The van der Waals surface area contributed by atoms with Crippen molar-refractivity contribution in [3.63, 3.8) is 0 Å². The second kappa shape index (κ2) is 6.78. The van der Waals surface area contributed by atoms with Gasteiger partial charge < -0.3 is 10.2 Å². The first-order valence-electron chi connectivity index (χ1n) is 7.34. The van der Waals surface area contributed by atoms with Gasteiger partial charge in [0.1, 0.15) is 5.82 Å². The van der Waals surface area contributed by atoms with E-state index in [1.54, 1.807) is 23.2 Å². The van der Waals surface area contributed by atoms with E-state index in [1.807, 2.05) is 0 Å². The van der Waals surface area contributed by atoms with Crippen LogP contribution in [-0.4, -0.2) is 45.0 Å². The Morgan fingerprint density at radius 1 is 1.35 bits per heavy atom. The molecule has 2 N–H and O–H groups in total. The summed E-state index contributed by atoms with van der Waals surface area (Å²) < 4.78 is 0. The molecule has 1 atom stereocenters. The van der Waals surface area contributed by atoms with Crippen LogP contribution in [0.2, 0.25) is 5.02 Å². The number of hydrogen-bond acceptors (Lipinski definition) is 4. The van der Waals surface area contributed by atoms with Gasteiger partial charge in [-0.1, -0.05) is 11.6 Å². The summed E-state index contributed by atoms with van der Waals surface area (Å²) in [5.41, 5.74) is 0.505. The third-order valence-electron chi connectivity index (χ3n) is 3.80. The first kappa shape index (κ1) is 15.5. The lowest BCUT2D eigenvalue weighted by Crippen LogP contribution is -2.43. The number of aromatic nitrogens is 3. The summed E-state index contributed by atoms with van der Waals surface area (Å²) in [6.07, 6.45) is 6.06. The van der Waals surface area contributed by atoms with Crippen molar-refractivity contribution < 1.29 is 9.59 Å². The molecule has 0 unspecified atom stereocenters. The summed E-state index contributed by atoms with van der Waals surface area (Å²) in [6.45, 7) is 1.04. The average Bonchev–Trinajstić information content (AvgIpc) is 3.11. The van der Waals surface area contributed by atoms with Crippen molar-refractivity contribution >= 4 is 29.2 Å². The Hall–Kier alpha value is -2.41. The van der Waals surface area contributed by atoms with Crippen LogP contribution in [0.3, 0.4) is 0 Å². The number of piperidine rings is 1. The normalized spacial score (nSPS) is 17.8. The van der Waals surface area contributed by atoms with E-state index in [-0.39, 0.29) is 17.7 Å². The summed E-state index contributed by atoms with van der Waals surface area (Å²) in [7, 11) is 0. The Labute approximate surface area is 138 Å². The van der Waals surface area contributed by atoms with E-state index in [0.717, 1.165) is 12.8 Å². The van der Waals surface area contributed by atoms with Crippen molar-refractivity contribution in [2.24, 2.45) is 5.92 Å². The van der Waals surface area contributed by atoms with Gasteiger partial charge in [0, 0.05) is 25.5 Å². The van der Waals surface area contributed by atoms with Crippen LogP contribution in [0.15, 0.2) is 30.7 Å². The van der Waals surface area contributed by atoms with Crippen LogP contribution in [0.25, 0.3) is 0 Å². The number of aromatic amines is 1. The number of likely N-dealkylation sites (tertiary alicyclic amines) is 1. The highest BCUT2D eigenvalue weighted by atomic mass is 35.5. The van der Waals surface area contributed by atoms with Gasteiger partial charge in [0.2, 0.25) is 5.91 Å². The lowest BCUT2D eigenvalue weighted by Gasteiger charge is -2.31. The van der Waals surface area contributed by atoms with Crippen LogP contribution < -0.4 is 5.32 Å². The fraction of sp³-hybridized carbons (Fsp3) is 0.333. The number of halogens is 1. The number of amides is 2. The van der Waals surface area contributed by atoms with Crippen LogP contribution in [0.5, 0.6) is 0 Å². The second-order valence-corrected chi connectivity index (χ2v) is 5.86. The lowest BCUT2D eigenvalue weighted by molar-refractivity contribution is -0.121. The minimum absolute atomic E-state index is 0.110. The molecule has 2 amide bonds. The van der Waals surface area contributed by atoms with E-state index in [0.29, 0.717) is 29.5 Å². The average molecular weight is 334 g/mol. The Bertz CT molecular complexity index is 686. The number of pyridine rings is 1. The Morgan fingerprint density at radius 2 is 2.22 bits per heavy atom. The van der Waals surface area contributed by atoms with E-state index in [2.05, 4.69) is 20.5 Å². The molecule has 0 radical (unpaired) electrons. The van der Waals surface area contributed by atoms with Gasteiger partial charge in [-0.3, -0.25) is 14.7 Å². The maximum Gasteiger partial charge on any atom is 0.257 e. The molecule has 0 spiro atoms. The topological polar surface area (TPSA) is 91.0 Å². The molecule has 1 aliphatic rings. The van der Waals surface area contributed by atoms with Crippen molar-refractivity contribution in [2.45, 2.75) is 12.8 Å². The second-order valence-electron chi connectivity index (χ2n) is 5.43. The summed E-state index contributed by atoms with van der Waals surface area (Å²) in [5, 5.41) is 9.69. The lowest BCUT2D eigenvalue weighted by atomic mass is 9.96. The maximum absolute atomic E-state index is 12.4. The molecule has 1 aliphatic heterocycles. The number of carbonyl (C=O) groups is 2. The molecule has 0 bridgehead atoms. The highest BCUT2D eigenvalue weighted by Gasteiger charge is 2.29. The van der Waals surface area contributed by atoms with Gasteiger partial charge in [-0.2, -0.15) is 5.10 Å². The Kier molecular flexibility index (Phi) is 4.57. The van der Waals surface area contributed by atoms with Crippen LogP contribution >= 0.6 is 11.6 Å². The quantitative estimate of drug-likeness (QED) is 0.898. The van der Waals surface area contributed by atoms with Gasteiger partial charge >= 0.3 is 0 Å². The number of anilines is 1. The molecular weight excluding hydrogens is 318 g/mol. The first-order valence-corrected chi connectivity index (χ1v) is 7.72. The van der Waals surface area contributed by atoms with Crippen LogP contribution in [0.1, 0.15) is 23.2 Å². The number of carbonyl (C=O) groups excluding carboxylic acids is 2. The molecule has 3 rings (SSSR count). The number of hydrogen-bond donors (Lipinski definition) is 2. The van der Waals surface area contributed by atoms with Crippen LogP contribution in [-0.2, 0) is 4.79 Å². The molecule has 1 saturated heterocycles. The summed E-state index contributed by atoms with van der Waals surface area (Å²) in [5.74, 6) is -0.0415. The smallest absolute Gasteiger partial charge is 0.257 e. The Morgan fingerprint density at radius 3 is 2.91 bits per heavy atom. The molecule has 0 aromatic carbocycles. The van der Waals surface area contributed by atoms with E-state index in [4.69, 9.17) is 11.6 Å². The van der Waals surface area contributed by atoms with Gasteiger partial charge in [-0.25, -0.2) is 4.98 Å². The number of nitrogens with zero attached hydrogens (tertiary/aromatic N) is 3. The minimum Gasteiger partial charge on any atom is -0.338 e. The molecule has 0 aliphatic carbocycles. The van der Waals surface area contributed by atoms with Crippen molar-refractivity contribution in [1.29, 1.82) is 0 Å². The molecule has 3 heterocycles. The Balaban J connectivity index is 1.62. The van der Waals surface area contributed by atoms with Gasteiger partial charge in [0.25, 0.3) is 5.91 Å². The molecule has 8 heteroatoms. The molecule has 2 aromatic rings. The van der Waals surface area contributed by atoms with Crippen molar-refractivity contribution in [3.8, 4) is 0 Å². The first-order chi connectivity index (χ1) is 11.1. The SMILES string of the molecule is O=C(Nc1ccc(Cl)cn1)[C@H]1CCCN(C(=O)c2cn[nH]c2)C1. The zero-order valence-electron chi connectivity index (χ0n) is 12.3. The zero-order valence-corrected chi connectivity index (χ0v) is 13.1. The maximum atomic E-state index is 12.4. The number of rotatable bonds is 3. The van der Waals surface area contributed by atoms with Crippen molar-refractivity contribution in [3.05, 3.63) is 41.3 Å². The molecule has 7 nitrogen and oxygen atoms in total. The minimum atomic E-state index is -0.253. The van der Waals surface area contributed by atoms with Crippen molar-refractivity contribution in [1.82, 2.24) is 20.1 Å². The van der Waals surface area contributed by atoms with Gasteiger partial charge in [0.05, 0.1) is 22.7 Å². The fourth-order valence-electron chi connectivity index (χ4n) is 2.60. The third kappa shape index (κ3) is 3.68. The van der Waals surface area contributed by atoms with E-state index >= 15 is 0 Å². The number of H-pyrrole nitrogens is 1. The van der Waals surface area contributed by atoms with Crippen molar-refractivity contribution in [2.75, 3.05) is 18.4 Å². The summed E-state index contributed by atoms with van der Waals surface area (Å²) in [6, 6.07) is 3.32. The predicted molar refractivity (Wildman–Crippen MR) is 85.1 cm³/mol. The van der Waals surface area contributed by atoms with E-state index in [9.17, 15) is 9.59 Å². The van der Waals surface area contributed by atoms with Crippen LogP contribution in [0.4, 0.5) is 5.82 Å². The molecule has 1 fully saturated rings. The standard InChI is InChI=1S/C15H16ClN5O2/c16-12-3-4-13(17-8-12)20-14(22)10-2-1-5-21(9-10)15(23)11-6-18-19-7-11/h3-4,6-8,10H,1-2,5,9H2,(H,18,19)(H,17,20,22)/t10-/m0/s1. The molecule has 2 aromatic heterocycles. The molecule has 23 heavy (non-hydrogen) atoms. The third-order valence-corrected chi connectivity index (χ3v) is 4.03. The van der Waals surface area contributed by atoms with E-state index in [1.165, 1.54) is 12.4 Å². The molecule has 120 valence electrons. The summed E-state index contributed by atoms with van der Waals surface area (Å²) >= 11 is 5.77. The van der Waals surface area contributed by atoms with Gasteiger partial charge in [0.15, 0.2) is 0 Å². The van der Waals surface area contributed by atoms with Gasteiger partial charge in [-0.15, -0.1) is 0 Å². The molecule has 0 saturated carbocycles. The van der Waals surface area contributed by atoms with Crippen LogP contribution in [0, 0.1) is 5.92 Å². The molecular formula is C15H16ClN5O2. The van der Waals surface area contributed by atoms with E-state index < -0.39 is 0 Å². The fourth-order valence-corrected chi connectivity index (χ4v) is 2.72. The van der Waals surface area contributed by atoms with Gasteiger partial charge in [-0.05, 0) is 25.0 Å². The summed E-state index contributed by atoms with van der Waals surface area (Å²) in [4.78, 5) is 30.4. The monoisotopic (exact) mass is 333 g/mol. The number of nitrogens with one attached hydrogen (secondary N) is 2. The predicted octanol–water partition coefficient (Wildman–Crippen LogP) is 1.95.